The minimum absolute atomic E-state index is 0.0169. The highest BCUT2D eigenvalue weighted by molar-refractivity contribution is 5.90. The van der Waals surface area contributed by atoms with E-state index >= 15 is 0 Å². The molecule has 0 N–H and O–H groups in total. The molecule has 0 amide bonds. The Hall–Kier alpha value is -3.75. The highest BCUT2D eigenvalue weighted by Crippen LogP contribution is 2.26. The first-order valence-electron chi connectivity index (χ1n) is 9.43. The number of hydrogen-bond acceptors (Lipinski definition) is 8. The molecule has 0 bridgehead atoms. The van der Waals surface area contributed by atoms with E-state index in [4.69, 9.17) is 4.74 Å². The Kier molecular flexibility index (Phi) is 7.84. The van der Waals surface area contributed by atoms with Gasteiger partial charge in [-0.1, -0.05) is 24.3 Å². The number of rotatable bonds is 9. The van der Waals surface area contributed by atoms with Crippen molar-refractivity contribution in [1.29, 1.82) is 0 Å². The first-order valence-corrected chi connectivity index (χ1v) is 9.43. The van der Waals surface area contributed by atoms with Crippen molar-refractivity contribution < 1.29 is 33.5 Å². The second-order valence-electron chi connectivity index (χ2n) is 6.74. The lowest BCUT2D eigenvalue weighted by molar-refractivity contribution is -0.555. The molecule has 2 aromatic carbocycles. The Morgan fingerprint density at radius 1 is 0.839 bits per heavy atom. The van der Waals surface area contributed by atoms with Crippen molar-refractivity contribution in [3.05, 3.63) is 80.9 Å². The predicted molar refractivity (Wildman–Crippen MR) is 109 cm³/mol. The summed E-state index contributed by atoms with van der Waals surface area (Å²) in [4.78, 5) is 47.5. The standard InChI is InChI=1S/C22H23NO8/c1-4-31-21(26)22(23(27)28,13-15-5-9-17(10-6-15)19(24)29-2)14-16-7-11-18(12-8-16)20(25)30-3/h5-12H,4,13-14H2,1-3H3. The van der Waals surface area contributed by atoms with Crippen molar-refractivity contribution in [3.8, 4) is 0 Å². The van der Waals surface area contributed by atoms with Crippen LogP contribution in [0.4, 0.5) is 0 Å². The molecule has 0 aliphatic carbocycles. The number of esters is 3. The average molecular weight is 429 g/mol. The molecule has 164 valence electrons. The van der Waals surface area contributed by atoms with Crippen molar-refractivity contribution in [2.45, 2.75) is 25.3 Å². The van der Waals surface area contributed by atoms with Crippen LogP contribution in [0.1, 0.15) is 38.8 Å². The molecule has 2 aromatic rings. The van der Waals surface area contributed by atoms with E-state index in [1.54, 1.807) is 6.92 Å². The maximum atomic E-state index is 12.7. The first kappa shape index (κ1) is 23.5. The van der Waals surface area contributed by atoms with Gasteiger partial charge in [0.2, 0.25) is 0 Å². The fraction of sp³-hybridized carbons (Fsp3) is 0.318. The van der Waals surface area contributed by atoms with E-state index in [1.165, 1.54) is 62.8 Å². The SMILES string of the molecule is CCOC(=O)C(Cc1ccc(C(=O)OC)cc1)(Cc1ccc(C(=O)OC)cc1)[N+](=O)[O-]. The van der Waals surface area contributed by atoms with Crippen molar-refractivity contribution >= 4 is 17.9 Å². The van der Waals surface area contributed by atoms with Gasteiger partial charge in [0.1, 0.15) is 0 Å². The molecule has 0 saturated carbocycles. The van der Waals surface area contributed by atoms with Crippen LogP contribution < -0.4 is 0 Å². The normalized spacial score (nSPS) is 10.8. The second kappa shape index (κ2) is 10.3. The molecule has 9 heteroatoms. The topological polar surface area (TPSA) is 122 Å². The third-order valence-electron chi connectivity index (χ3n) is 4.75. The van der Waals surface area contributed by atoms with Crippen LogP contribution in [0.5, 0.6) is 0 Å². The van der Waals surface area contributed by atoms with Gasteiger partial charge < -0.3 is 14.2 Å². The summed E-state index contributed by atoms with van der Waals surface area (Å²) in [5.74, 6) is -2.04. The van der Waals surface area contributed by atoms with Crippen LogP contribution in [0.3, 0.4) is 0 Å². The zero-order chi connectivity index (χ0) is 23.0. The molecular weight excluding hydrogens is 406 g/mol. The summed E-state index contributed by atoms with van der Waals surface area (Å²) in [5.41, 5.74) is -0.567. The number of hydrogen-bond donors (Lipinski definition) is 0. The Labute approximate surface area is 179 Å². The highest BCUT2D eigenvalue weighted by atomic mass is 16.6. The van der Waals surface area contributed by atoms with Gasteiger partial charge in [0.25, 0.3) is 0 Å². The quantitative estimate of drug-likeness (QED) is 0.258. The van der Waals surface area contributed by atoms with Crippen LogP contribution >= 0.6 is 0 Å². The fourth-order valence-electron chi connectivity index (χ4n) is 3.10. The summed E-state index contributed by atoms with van der Waals surface area (Å²) in [5, 5.41) is 12.1. The number of ether oxygens (including phenoxy) is 3. The van der Waals surface area contributed by atoms with Crippen LogP contribution in [0.15, 0.2) is 48.5 Å². The van der Waals surface area contributed by atoms with Gasteiger partial charge in [0.05, 0.1) is 44.8 Å². The minimum atomic E-state index is -2.09. The molecule has 31 heavy (non-hydrogen) atoms. The molecule has 0 aliphatic rings. The van der Waals surface area contributed by atoms with Gasteiger partial charge in [-0.2, -0.15) is 0 Å². The van der Waals surface area contributed by atoms with Gasteiger partial charge in [-0.15, -0.1) is 0 Å². The summed E-state index contributed by atoms with van der Waals surface area (Å²) >= 11 is 0. The van der Waals surface area contributed by atoms with Gasteiger partial charge in [-0.25, -0.2) is 14.4 Å². The summed E-state index contributed by atoms with van der Waals surface area (Å²) in [6, 6.07) is 12.0. The van der Waals surface area contributed by atoms with Crippen molar-refractivity contribution in [1.82, 2.24) is 0 Å². The molecule has 2 rings (SSSR count). The smallest absolute Gasteiger partial charge is 0.385 e. The van der Waals surface area contributed by atoms with Gasteiger partial charge >= 0.3 is 23.4 Å². The molecule has 0 saturated heterocycles. The largest absolute Gasteiger partial charge is 0.465 e. The molecule has 0 aromatic heterocycles. The maximum absolute atomic E-state index is 12.7. The third kappa shape index (κ3) is 5.44. The van der Waals surface area contributed by atoms with E-state index in [1.807, 2.05) is 0 Å². The second-order valence-corrected chi connectivity index (χ2v) is 6.74. The molecular formula is C22H23NO8. The van der Waals surface area contributed by atoms with E-state index in [0.717, 1.165) is 0 Å². The van der Waals surface area contributed by atoms with Crippen molar-refractivity contribution in [2.24, 2.45) is 0 Å². The zero-order valence-electron chi connectivity index (χ0n) is 17.5. The molecule has 9 nitrogen and oxygen atoms in total. The van der Waals surface area contributed by atoms with Crippen LogP contribution in [0.25, 0.3) is 0 Å². The minimum Gasteiger partial charge on any atom is -0.465 e. The monoisotopic (exact) mass is 429 g/mol. The van der Waals surface area contributed by atoms with E-state index in [0.29, 0.717) is 11.1 Å². The molecule has 0 fully saturated rings. The van der Waals surface area contributed by atoms with Crippen LogP contribution in [0, 0.1) is 10.1 Å². The summed E-state index contributed by atoms with van der Waals surface area (Å²) in [7, 11) is 2.50. The van der Waals surface area contributed by atoms with Gasteiger partial charge in [-0.3, -0.25) is 10.1 Å². The van der Waals surface area contributed by atoms with E-state index < -0.39 is 28.4 Å². The highest BCUT2D eigenvalue weighted by Gasteiger charge is 2.52. The van der Waals surface area contributed by atoms with Crippen LogP contribution in [-0.4, -0.2) is 49.2 Å². The molecule has 0 atom stereocenters. The van der Waals surface area contributed by atoms with E-state index in [9.17, 15) is 24.5 Å². The summed E-state index contributed by atoms with van der Waals surface area (Å²) in [6.45, 7) is 1.55. The lowest BCUT2D eigenvalue weighted by Crippen LogP contribution is -2.51. The lowest BCUT2D eigenvalue weighted by atomic mass is 9.84. The third-order valence-corrected chi connectivity index (χ3v) is 4.75. The Bertz CT molecular complexity index is 889. The van der Waals surface area contributed by atoms with E-state index in [-0.39, 0.29) is 30.6 Å². The predicted octanol–water partition coefficient (Wildman–Crippen LogP) is 2.62. The Morgan fingerprint density at radius 2 is 1.23 bits per heavy atom. The van der Waals surface area contributed by atoms with Crippen LogP contribution in [-0.2, 0) is 31.8 Å². The summed E-state index contributed by atoms with van der Waals surface area (Å²) in [6.07, 6.45) is -0.502. The first-order chi connectivity index (χ1) is 14.8. The number of nitro groups is 1. The molecule has 0 aliphatic heterocycles. The average Bonchev–Trinajstić information content (AvgIpc) is 2.78. The van der Waals surface area contributed by atoms with E-state index in [2.05, 4.69) is 9.47 Å². The molecule has 0 spiro atoms. The molecule has 0 radical (unpaired) electrons. The summed E-state index contributed by atoms with van der Waals surface area (Å²) < 4.78 is 14.3. The fourth-order valence-corrected chi connectivity index (χ4v) is 3.10. The van der Waals surface area contributed by atoms with Crippen molar-refractivity contribution in [2.75, 3.05) is 20.8 Å². The number of carbonyl (C=O) groups is 3. The van der Waals surface area contributed by atoms with Crippen LogP contribution in [0.2, 0.25) is 0 Å². The lowest BCUT2D eigenvalue weighted by Gasteiger charge is -2.24. The van der Waals surface area contributed by atoms with Gasteiger partial charge in [0.15, 0.2) is 0 Å². The van der Waals surface area contributed by atoms with Crippen molar-refractivity contribution in [3.63, 3.8) is 0 Å². The maximum Gasteiger partial charge on any atom is 0.385 e. The number of carbonyl (C=O) groups excluding carboxylic acids is 3. The Balaban J connectivity index is 2.41. The van der Waals surface area contributed by atoms with Gasteiger partial charge in [-0.05, 0) is 42.3 Å². The number of methoxy groups -OCH3 is 2. The van der Waals surface area contributed by atoms with Gasteiger partial charge in [0, 0.05) is 4.92 Å². The Morgan fingerprint density at radius 3 is 1.52 bits per heavy atom. The number of nitrogens with zero attached hydrogens (tertiary/aromatic N) is 1. The molecule has 0 heterocycles. The zero-order valence-corrected chi connectivity index (χ0v) is 17.5. The number of benzene rings is 2. The molecule has 0 unspecified atom stereocenters.